The van der Waals surface area contributed by atoms with Crippen molar-refractivity contribution in [2.45, 2.75) is 19.8 Å². The fraction of sp³-hybridized carbons (Fsp3) is 0.333. The molecule has 0 atom stereocenters. The summed E-state index contributed by atoms with van der Waals surface area (Å²) in [5.41, 5.74) is 0.450. The van der Waals surface area contributed by atoms with Crippen LogP contribution in [0.1, 0.15) is 35.7 Å². The van der Waals surface area contributed by atoms with E-state index in [1.54, 1.807) is 0 Å². The van der Waals surface area contributed by atoms with Gasteiger partial charge >= 0.3 is 5.97 Å². The van der Waals surface area contributed by atoms with Crippen LogP contribution >= 0.6 is 11.6 Å². The van der Waals surface area contributed by atoms with Crippen LogP contribution in [-0.2, 0) is 4.79 Å². The molecule has 0 radical (unpaired) electrons. The fourth-order valence-corrected chi connectivity index (χ4v) is 2.21. The number of hydrogen-bond acceptors (Lipinski definition) is 4. The van der Waals surface area contributed by atoms with Crippen LogP contribution in [0.3, 0.4) is 0 Å². The van der Waals surface area contributed by atoms with Gasteiger partial charge in [-0.05, 0) is 5.92 Å². The third-order valence-corrected chi connectivity index (χ3v) is 2.95. The Morgan fingerprint density at radius 2 is 2.06 bits per heavy atom. The van der Waals surface area contributed by atoms with Gasteiger partial charge in [-0.1, -0.05) is 25.4 Å². The first-order chi connectivity index (χ1) is 8.43. The van der Waals surface area contributed by atoms with Gasteiger partial charge in [-0.25, -0.2) is 4.79 Å². The summed E-state index contributed by atoms with van der Waals surface area (Å²) in [6, 6.07) is 1.41. The van der Waals surface area contributed by atoms with Crippen LogP contribution in [0.25, 0.3) is 0 Å². The van der Waals surface area contributed by atoms with E-state index in [0.29, 0.717) is 17.1 Å². The Bertz CT molecular complexity index is 536. The zero-order chi connectivity index (χ0) is 13.4. The van der Waals surface area contributed by atoms with Crippen LogP contribution in [0.4, 0.5) is 0 Å². The van der Waals surface area contributed by atoms with Crippen molar-refractivity contribution in [3.63, 3.8) is 0 Å². The normalized spacial score (nSPS) is 12.9. The molecule has 5 nitrogen and oxygen atoms in total. The van der Waals surface area contributed by atoms with E-state index >= 15 is 0 Å². The Kier molecular flexibility index (Phi) is 3.17. The van der Waals surface area contributed by atoms with Crippen molar-refractivity contribution >= 4 is 23.4 Å². The molecule has 0 bridgehead atoms. The fourth-order valence-electron chi connectivity index (χ4n) is 1.92. The van der Waals surface area contributed by atoms with Gasteiger partial charge in [-0.3, -0.25) is 4.79 Å². The second-order valence-corrected chi connectivity index (χ2v) is 4.58. The summed E-state index contributed by atoms with van der Waals surface area (Å²) in [5.74, 6) is -1.86. The highest BCUT2D eigenvalue weighted by atomic mass is 35.5. The average Bonchev–Trinajstić information content (AvgIpc) is 2.73. The van der Waals surface area contributed by atoms with Gasteiger partial charge in [-0.2, -0.15) is 0 Å². The molecule has 1 aromatic rings. The molecule has 6 heteroatoms. The molecular weight excluding hydrogens is 260 g/mol. The van der Waals surface area contributed by atoms with E-state index in [1.165, 1.54) is 6.07 Å². The number of hydrogen-bond donors (Lipinski definition) is 1. The Labute approximate surface area is 108 Å². The summed E-state index contributed by atoms with van der Waals surface area (Å²) in [5, 5.41) is 8.90. The Morgan fingerprint density at radius 1 is 1.39 bits per heavy atom. The predicted molar refractivity (Wildman–Crippen MR) is 63.6 cm³/mol. The van der Waals surface area contributed by atoms with Crippen LogP contribution in [0.15, 0.2) is 6.07 Å². The van der Waals surface area contributed by atoms with Crippen LogP contribution in [0.2, 0.25) is 5.02 Å². The highest BCUT2D eigenvalue weighted by Gasteiger charge is 2.31. The molecule has 0 fully saturated rings. The van der Waals surface area contributed by atoms with E-state index in [1.807, 2.05) is 13.8 Å². The van der Waals surface area contributed by atoms with Gasteiger partial charge in [-0.15, -0.1) is 0 Å². The van der Waals surface area contributed by atoms with E-state index in [0.717, 1.165) is 0 Å². The number of ketones is 1. The van der Waals surface area contributed by atoms with Gasteiger partial charge in [0.2, 0.25) is 6.79 Å². The number of aliphatic carboxylic acids is 1. The molecule has 1 N–H and O–H groups in total. The maximum Gasteiger partial charge on any atom is 0.377 e. The minimum Gasteiger partial charge on any atom is -0.475 e. The molecule has 0 unspecified atom stereocenters. The number of carbonyl (C=O) groups is 2. The third-order valence-electron chi connectivity index (χ3n) is 2.65. The molecule has 96 valence electrons. The minimum absolute atomic E-state index is 0.0246. The standard InChI is InChI=1S/C12H11ClO5/c1-5(2)8-9(10(14)12(15)16)6(13)3-7-11(8)18-4-17-7/h3,5H,4H2,1-2H3,(H,15,16). The van der Waals surface area contributed by atoms with Gasteiger partial charge in [0.25, 0.3) is 5.78 Å². The highest BCUT2D eigenvalue weighted by Crippen LogP contribution is 2.44. The number of ether oxygens (including phenoxy) is 2. The molecule has 0 amide bonds. The first-order valence-corrected chi connectivity index (χ1v) is 5.71. The van der Waals surface area contributed by atoms with Crippen LogP contribution in [0, 0.1) is 0 Å². The topological polar surface area (TPSA) is 72.8 Å². The maximum atomic E-state index is 11.7. The Balaban J connectivity index is 2.72. The maximum absolute atomic E-state index is 11.7. The first-order valence-electron chi connectivity index (χ1n) is 5.33. The number of carbonyl (C=O) groups excluding carboxylic acids is 1. The van der Waals surface area contributed by atoms with Crippen molar-refractivity contribution < 1.29 is 24.2 Å². The Morgan fingerprint density at radius 3 is 2.61 bits per heavy atom. The number of carboxylic acid groups (broad SMARTS) is 1. The molecule has 0 saturated carbocycles. The lowest BCUT2D eigenvalue weighted by Crippen LogP contribution is -2.16. The van der Waals surface area contributed by atoms with E-state index in [2.05, 4.69) is 0 Å². The minimum atomic E-state index is -1.54. The van der Waals surface area contributed by atoms with Crippen molar-refractivity contribution in [3.8, 4) is 11.5 Å². The van der Waals surface area contributed by atoms with E-state index < -0.39 is 11.8 Å². The lowest BCUT2D eigenvalue weighted by molar-refractivity contribution is -0.131. The van der Waals surface area contributed by atoms with E-state index in [9.17, 15) is 9.59 Å². The van der Waals surface area contributed by atoms with Crippen molar-refractivity contribution in [3.05, 3.63) is 22.2 Å². The molecular formula is C12H11ClO5. The average molecular weight is 271 g/mol. The summed E-state index contributed by atoms with van der Waals surface area (Å²) in [7, 11) is 0. The number of fused-ring (bicyclic) bond motifs is 1. The second kappa shape index (κ2) is 4.49. The van der Waals surface area contributed by atoms with Crippen LogP contribution in [-0.4, -0.2) is 23.7 Å². The van der Waals surface area contributed by atoms with Gasteiger partial charge < -0.3 is 14.6 Å². The van der Waals surface area contributed by atoms with Crippen molar-refractivity contribution in [2.24, 2.45) is 0 Å². The molecule has 0 saturated heterocycles. The smallest absolute Gasteiger partial charge is 0.377 e. The molecule has 18 heavy (non-hydrogen) atoms. The largest absolute Gasteiger partial charge is 0.475 e. The summed E-state index contributed by atoms with van der Waals surface area (Å²) in [6.07, 6.45) is 0. The third kappa shape index (κ3) is 1.90. The quantitative estimate of drug-likeness (QED) is 0.675. The number of Topliss-reactive ketones (excluding diaryl/α,β-unsaturated/α-hetero) is 1. The van der Waals surface area contributed by atoms with Gasteiger partial charge in [0, 0.05) is 11.6 Å². The van der Waals surface area contributed by atoms with Crippen molar-refractivity contribution in [1.82, 2.24) is 0 Å². The summed E-state index contributed by atoms with van der Waals surface area (Å²) in [6.45, 7) is 3.69. The van der Waals surface area contributed by atoms with Crippen LogP contribution in [0.5, 0.6) is 11.5 Å². The highest BCUT2D eigenvalue weighted by molar-refractivity contribution is 6.45. The van der Waals surface area contributed by atoms with E-state index in [4.69, 9.17) is 26.2 Å². The predicted octanol–water partition coefficient (Wildman–Crippen LogP) is 2.46. The molecule has 0 spiro atoms. The monoisotopic (exact) mass is 270 g/mol. The molecule has 1 aliphatic heterocycles. The summed E-state index contributed by atoms with van der Waals surface area (Å²) < 4.78 is 10.5. The van der Waals surface area contributed by atoms with Gasteiger partial charge in [0.15, 0.2) is 11.5 Å². The zero-order valence-electron chi connectivity index (χ0n) is 9.82. The number of halogens is 1. The number of carboxylic acids is 1. The number of benzene rings is 1. The zero-order valence-corrected chi connectivity index (χ0v) is 10.6. The molecule has 2 rings (SSSR count). The first kappa shape index (κ1) is 12.7. The lowest BCUT2D eigenvalue weighted by Gasteiger charge is -2.15. The SMILES string of the molecule is CC(C)c1c2c(cc(Cl)c1C(=O)C(=O)O)OCO2. The van der Waals surface area contributed by atoms with Gasteiger partial charge in [0.05, 0.1) is 10.6 Å². The van der Waals surface area contributed by atoms with Gasteiger partial charge in [0.1, 0.15) is 0 Å². The lowest BCUT2D eigenvalue weighted by atomic mass is 9.93. The van der Waals surface area contributed by atoms with Crippen molar-refractivity contribution in [1.29, 1.82) is 0 Å². The number of rotatable bonds is 3. The summed E-state index contributed by atoms with van der Waals surface area (Å²) >= 11 is 5.98. The molecule has 1 aliphatic rings. The van der Waals surface area contributed by atoms with E-state index in [-0.39, 0.29) is 23.3 Å². The van der Waals surface area contributed by atoms with Crippen molar-refractivity contribution in [2.75, 3.05) is 6.79 Å². The molecule has 1 heterocycles. The molecule has 0 aliphatic carbocycles. The molecule has 0 aromatic heterocycles. The van der Waals surface area contributed by atoms with Crippen LogP contribution < -0.4 is 9.47 Å². The Hall–Kier alpha value is -1.75. The molecule has 1 aromatic carbocycles. The summed E-state index contributed by atoms with van der Waals surface area (Å²) in [4.78, 5) is 22.6. The second-order valence-electron chi connectivity index (χ2n) is 4.17.